The molecule has 0 spiro atoms. The van der Waals surface area contributed by atoms with E-state index in [0.717, 1.165) is 4.90 Å². The average Bonchev–Trinajstić information content (AvgIpc) is 2.75. The molecule has 0 saturated heterocycles. The minimum Gasteiger partial charge on any atom is -0.497 e. The number of fused-ring (bicyclic) bond motifs is 1. The first-order valence-electron chi connectivity index (χ1n) is 9.03. The second kappa shape index (κ2) is 8.64. The van der Waals surface area contributed by atoms with Crippen LogP contribution in [0, 0.1) is 10.1 Å². The van der Waals surface area contributed by atoms with Crippen LogP contribution in [0.3, 0.4) is 0 Å². The van der Waals surface area contributed by atoms with Gasteiger partial charge in [-0.05, 0) is 34.5 Å². The lowest BCUT2D eigenvalue weighted by atomic mass is 10.2. The molecule has 1 unspecified atom stereocenters. The number of hydrogen-bond donors (Lipinski definition) is 1. The number of aromatic nitrogens is 1. The molecule has 0 saturated carbocycles. The van der Waals surface area contributed by atoms with Crippen LogP contribution in [0.25, 0.3) is 0 Å². The zero-order valence-electron chi connectivity index (χ0n) is 16.6. The summed E-state index contributed by atoms with van der Waals surface area (Å²) in [7, 11) is 2.95. The van der Waals surface area contributed by atoms with Crippen LogP contribution in [0.2, 0.25) is 0 Å². The minimum atomic E-state index is -0.816. The highest BCUT2D eigenvalue weighted by atomic mass is 16.6. The summed E-state index contributed by atoms with van der Waals surface area (Å²) in [5, 5.41) is 13.7. The Bertz CT molecular complexity index is 995. The van der Waals surface area contributed by atoms with Crippen LogP contribution in [-0.2, 0) is 9.59 Å². The van der Waals surface area contributed by atoms with Gasteiger partial charge in [0.25, 0.3) is 11.7 Å². The Labute approximate surface area is 171 Å². The standard InChI is InChI=1S/C19H20N4O7/c1-4-13-19(25)22(18-14(30-13)7-8-16(21-18)23(26)27)10-17(24)20-12-6-5-11(28-2)9-15(12)29-3/h5-9,13H,4,10H2,1-3H3,(H,20,24). The van der Waals surface area contributed by atoms with Gasteiger partial charge in [0.05, 0.1) is 19.9 Å². The van der Waals surface area contributed by atoms with Crippen LogP contribution >= 0.6 is 0 Å². The van der Waals surface area contributed by atoms with E-state index < -0.39 is 35.2 Å². The lowest BCUT2D eigenvalue weighted by molar-refractivity contribution is -0.389. The van der Waals surface area contributed by atoms with Crippen LogP contribution in [-0.4, -0.2) is 48.6 Å². The lowest BCUT2D eigenvalue weighted by Crippen LogP contribution is -2.49. The van der Waals surface area contributed by atoms with Gasteiger partial charge in [-0.25, -0.2) is 0 Å². The number of hydrogen-bond acceptors (Lipinski definition) is 8. The monoisotopic (exact) mass is 416 g/mol. The lowest BCUT2D eigenvalue weighted by Gasteiger charge is -2.30. The Morgan fingerprint density at radius 3 is 2.70 bits per heavy atom. The maximum atomic E-state index is 12.8. The first-order chi connectivity index (χ1) is 14.4. The van der Waals surface area contributed by atoms with Crippen LogP contribution < -0.4 is 24.4 Å². The fourth-order valence-electron chi connectivity index (χ4n) is 2.94. The molecule has 1 aliphatic heterocycles. The molecule has 2 amide bonds. The number of nitrogens with zero attached hydrogens (tertiary/aromatic N) is 3. The van der Waals surface area contributed by atoms with E-state index in [2.05, 4.69) is 10.3 Å². The van der Waals surface area contributed by atoms with Crippen molar-refractivity contribution in [3.05, 3.63) is 40.4 Å². The van der Waals surface area contributed by atoms with E-state index in [4.69, 9.17) is 14.2 Å². The Balaban J connectivity index is 1.87. The number of nitro groups is 1. The van der Waals surface area contributed by atoms with Crippen LogP contribution in [0.15, 0.2) is 30.3 Å². The number of carbonyl (C=O) groups excluding carboxylic acids is 2. The molecule has 1 aliphatic rings. The zero-order valence-corrected chi connectivity index (χ0v) is 16.6. The second-order valence-corrected chi connectivity index (χ2v) is 6.30. The Kier molecular flexibility index (Phi) is 6.00. The summed E-state index contributed by atoms with van der Waals surface area (Å²) in [6, 6.07) is 7.39. The summed E-state index contributed by atoms with van der Waals surface area (Å²) < 4.78 is 16.0. The van der Waals surface area contributed by atoms with Crippen molar-refractivity contribution in [3.8, 4) is 17.2 Å². The molecule has 0 bridgehead atoms. The van der Waals surface area contributed by atoms with Gasteiger partial charge in [-0.3, -0.25) is 14.5 Å². The third-order valence-electron chi connectivity index (χ3n) is 4.43. The van der Waals surface area contributed by atoms with Crippen LogP contribution in [0.1, 0.15) is 13.3 Å². The van der Waals surface area contributed by atoms with Gasteiger partial charge in [0.15, 0.2) is 11.9 Å². The molecule has 3 rings (SSSR count). The van der Waals surface area contributed by atoms with Gasteiger partial charge in [0, 0.05) is 12.1 Å². The smallest absolute Gasteiger partial charge is 0.366 e. The quantitative estimate of drug-likeness (QED) is 0.536. The molecule has 0 fully saturated rings. The van der Waals surface area contributed by atoms with Crippen molar-refractivity contribution in [2.45, 2.75) is 19.4 Å². The number of pyridine rings is 1. The fraction of sp³-hybridized carbons (Fsp3) is 0.316. The van der Waals surface area contributed by atoms with Gasteiger partial charge in [-0.15, -0.1) is 0 Å². The Morgan fingerprint density at radius 2 is 2.07 bits per heavy atom. The summed E-state index contributed by atoms with van der Waals surface area (Å²) in [5.74, 6) is -0.460. The van der Waals surface area contributed by atoms with E-state index in [1.165, 1.54) is 26.4 Å². The SMILES string of the molecule is CCC1Oc2ccc([N+](=O)[O-])nc2N(CC(=O)Nc2ccc(OC)cc2OC)C1=O. The largest absolute Gasteiger partial charge is 0.497 e. The number of rotatable bonds is 7. The van der Waals surface area contributed by atoms with E-state index in [1.807, 2.05) is 0 Å². The van der Waals surface area contributed by atoms with Gasteiger partial charge in [0.1, 0.15) is 18.0 Å². The molecule has 1 aromatic heterocycles. The predicted molar refractivity (Wildman–Crippen MR) is 106 cm³/mol. The molecule has 2 aromatic rings. The molecular formula is C19H20N4O7. The second-order valence-electron chi connectivity index (χ2n) is 6.30. The van der Waals surface area contributed by atoms with Crippen molar-refractivity contribution in [2.75, 3.05) is 31.0 Å². The molecule has 11 nitrogen and oxygen atoms in total. The molecule has 30 heavy (non-hydrogen) atoms. The number of amides is 2. The summed E-state index contributed by atoms with van der Waals surface area (Å²) in [4.78, 5) is 40.8. The van der Waals surface area contributed by atoms with Crippen LogP contribution in [0.4, 0.5) is 17.3 Å². The van der Waals surface area contributed by atoms with E-state index >= 15 is 0 Å². The molecule has 1 aromatic carbocycles. The fourth-order valence-corrected chi connectivity index (χ4v) is 2.94. The number of carbonyl (C=O) groups is 2. The number of nitrogens with one attached hydrogen (secondary N) is 1. The van der Waals surface area contributed by atoms with Crippen molar-refractivity contribution in [3.63, 3.8) is 0 Å². The molecule has 11 heteroatoms. The highest BCUT2D eigenvalue weighted by molar-refractivity contribution is 6.06. The van der Waals surface area contributed by atoms with Gasteiger partial charge < -0.3 is 29.6 Å². The summed E-state index contributed by atoms with van der Waals surface area (Å²) >= 11 is 0. The third kappa shape index (κ3) is 4.09. The van der Waals surface area contributed by atoms with Crippen molar-refractivity contribution < 1.29 is 28.7 Å². The van der Waals surface area contributed by atoms with E-state index in [1.54, 1.807) is 25.1 Å². The van der Waals surface area contributed by atoms with Gasteiger partial charge in [-0.1, -0.05) is 6.92 Å². The first-order valence-corrected chi connectivity index (χ1v) is 9.03. The Hall–Kier alpha value is -3.89. The molecule has 2 heterocycles. The van der Waals surface area contributed by atoms with Gasteiger partial charge in [-0.2, -0.15) is 0 Å². The highest BCUT2D eigenvalue weighted by Gasteiger charge is 2.39. The molecule has 1 atom stereocenters. The van der Waals surface area contributed by atoms with Crippen molar-refractivity contribution in [2.24, 2.45) is 0 Å². The number of methoxy groups -OCH3 is 2. The predicted octanol–water partition coefficient (Wildman–Crippen LogP) is 2.15. The summed E-state index contributed by atoms with van der Waals surface area (Å²) in [6.45, 7) is 1.35. The van der Waals surface area contributed by atoms with Crippen molar-refractivity contribution in [1.82, 2.24) is 4.98 Å². The van der Waals surface area contributed by atoms with Crippen molar-refractivity contribution in [1.29, 1.82) is 0 Å². The summed E-state index contributed by atoms with van der Waals surface area (Å²) in [5.41, 5.74) is 0.378. The molecule has 0 aliphatic carbocycles. The van der Waals surface area contributed by atoms with E-state index in [0.29, 0.717) is 23.6 Å². The average molecular weight is 416 g/mol. The number of anilines is 2. The van der Waals surface area contributed by atoms with E-state index in [-0.39, 0.29) is 11.6 Å². The zero-order chi connectivity index (χ0) is 21.8. The third-order valence-corrected chi connectivity index (χ3v) is 4.43. The Morgan fingerprint density at radius 1 is 1.30 bits per heavy atom. The molecular weight excluding hydrogens is 396 g/mol. The first kappa shape index (κ1) is 20.8. The topological polar surface area (TPSA) is 133 Å². The summed E-state index contributed by atoms with van der Waals surface area (Å²) in [6.07, 6.45) is -0.455. The maximum absolute atomic E-state index is 12.8. The molecule has 0 radical (unpaired) electrons. The highest BCUT2D eigenvalue weighted by Crippen LogP contribution is 2.35. The number of benzene rings is 1. The number of ether oxygens (including phenoxy) is 3. The minimum absolute atomic E-state index is 0.0734. The van der Waals surface area contributed by atoms with Crippen molar-refractivity contribution >= 4 is 29.1 Å². The molecule has 158 valence electrons. The van der Waals surface area contributed by atoms with Gasteiger partial charge in [0.2, 0.25) is 5.91 Å². The van der Waals surface area contributed by atoms with E-state index in [9.17, 15) is 19.7 Å². The van der Waals surface area contributed by atoms with Gasteiger partial charge >= 0.3 is 5.82 Å². The van der Waals surface area contributed by atoms with Crippen LogP contribution in [0.5, 0.6) is 17.2 Å². The maximum Gasteiger partial charge on any atom is 0.366 e. The normalized spacial score (nSPS) is 15.1. The molecule has 1 N–H and O–H groups in total.